The van der Waals surface area contributed by atoms with Gasteiger partial charge in [-0.25, -0.2) is 13.1 Å². The molecule has 1 saturated heterocycles. The number of piperazine rings is 1. The van der Waals surface area contributed by atoms with Crippen molar-refractivity contribution in [3.05, 3.63) is 4.60 Å². The molecule has 0 aliphatic carbocycles. The van der Waals surface area contributed by atoms with Crippen LogP contribution >= 0.6 is 15.9 Å². The molecular formula is C10H16BrN5O4S. The highest BCUT2D eigenvalue weighted by Crippen LogP contribution is 2.23. The van der Waals surface area contributed by atoms with Gasteiger partial charge in [-0.3, -0.25) is 4.79 Å². The third-order valence-corrected chi connectivity index (χ3v) is 6.08. The number of aryl methyl sites for hydroxylation is 1. The van der Waals surface area contributed by atoms with Crippen molar-refractivity contribution in [3.8, 4) is 0 Å². The van der Waals surface area contributed by atoms with Gasteiger partial charge in [-0.05, 0) is 15.9 Å². The van der Waals surface area contributed by atoms with Crippen molar-refractivity contribution >= 4 is 31.9 Å². The summed E-state index contributed by atoms with van der Waals surface area (Å²) in [7, 11) is -2.13. The van der Waals surface area contributed by atoms with Gasteiger partial charge in [0.05, 0.1) is 6.42 Å². The maximum atomic E-state index is 12.5. The third-order valence-electron chi connectivity index (χ3n) is 3.29. The van der Waals surface area contributed by atoms with E-state index in [0.717, 1.165) is 0 Å². The molecule has 0 unspecified atom stereocenters. The Morgan fingerprint density at radius 2 is 1.95 bits per heavy atom. The van der Waals surface area contributed by atoms with E-state index in [1.165, 1.54) is 16.0 Å². The molecule has 2 heterocycles. The van der Waals surface area contributed by atoms with Gasteiger partial charge >= 0.3 is 5.97 Å². The van der Waals surface area contributed by atoms with Gasteiger partial charge in [0.15, 0.2) is 4.60 Å². The van der Waals surface area contributed by atoms with Gasteiger partial charge in [-0.2, -0.15) is 4.31 Å². The second-order valence-corrected chi connectivity index (χ2v) is 7.30. The highest BCUT2D eigenvalue weighted by atomic mass is 79.9. The van der Waals surface area contributed by atoms with E-state index < -0.39 is 16.0 Å². The van der Waals surface area contributed by atoms with Gasteiger partial charge in [-0.1, -0.05) is 5.21 Å². The van der Waals surface area contributed by atoms with E-state index in [2.05, 4.69) is 26.2 Å². The zero-order valence-corrected chi connectivity index (χ0v) is 13.8. The molecule has 0 amide bonds. The van der Waals surface area contributed by atoms with E-state index in [0.29, 0.717) is 32.7 Å². The Bertz CT molecular complexity index is 604. The molecule has 0 bridgehead atoms. The number of hydrogen-bond acceptors (Lipinski definition) is 6. The van der Waals surface area contributed by atoms with E-state index in [-0.39, 0.29) is 16.0 Å². The average molecular weight is 382 g/mol. The maximum absolute atomic E-state index is 12.5. The Kier molecular flexibility index (Phi) is 4.96. The summed E-state index contributed by atoms with van der Waals surface area (Å²) in [6, 6.07) is 0. The van der Waals surface area contributed by atoms with Crippen molar-refractivity contribution in [1.82, 2.24) is 24.2 Å². The van der Waals surface area contributed by atoms with Gasteiger partial charge in [0.2, 0.25) is 5.03 Å². The number of carboxylic acids is 1. The minimum atomic E-state index is -3.65. The Hall–Kier alpha value is -1.04. The minimum absolute atomic E-state index is 0.0292. The second-order valence-electron chi connectivity index (χ2n) is 4.70. The molecule has 1 N–H and O–H groups in total. The number of hydrogen-bond donors (Lipinski definition) is 1. The summed E-state index contributed by atoms with van der Waals surface area (Å²) in [5.74, 6) is -0.852. The van der Waals surface area contributed by atoms with Crippen LogP contribution in [-0.4, -0.2) is 76.4 Å². The number of carbonyl (C=O) groups is 1. The molecule has 1 aliphatic rings. The van der Waals surface area contributed by atoms with Crippen molar-refractivity contribution in [1.29, 1.82) is 0 Å². The quantitative estimate of drug-likeness (QED) is 0.722. The van der Waals surface area contributed by atoms with Gasteiger partial charge in [0.25, 0.3) is 10.0 Å². The lowest BCUT2D eigenvalue weighted by Crippen LogP contribution is -2.49. The van der Waals surface area contributed by atoms with Gasteiger partial charge < -0.3 is 10.0 Å². The fourth-order valence-electron chi connectivity index (χ4n) is 2.17. The Morgan fingerprint density at radius 3 is 2.43 bits per heavy atom. The maximum Gasteiger partial charge on any atom is 0.304 e. The predicted octanol–water partition coefficient (Wildman–Crippen LogP) is -0.641. The van der Waals surface area contributed by atoms with Gasteiger partial charge in [0.1, 0.15) is 0 Å². The van der Waals surface area contributed by atoms with Crippen molar-refractivity contribution in [2.75, 3.05) is 32.7 Å². The lowest BCUT2D eigenvalue weighted by molar-refractivity contribution is -0.137. The van der Waals surface area contributed by atoms with Crippen LogP contribution in [0, 0.1) is 0 Å². The number of nitrogens with zero attached hydrogens (tertiary/aromatic N) is 5. The van der Waals surface area contributed by atoms with Gasteiger partial charge in [0, 0.05) is 39.8 Å². The van der Waals surface area contributed by atoms with E-state index in [1.807, 2.05) is 4.90 Å². The molecule has 0 radical (unpaired) electrons. The van der Waals surface area contributed by atoms with Crippen LogP contribution in [0.2, 0.25) is 0 Å². The summed E-state index contributed by atoms with van der Waals surface area (Å²) in [5.41, 5.74) is 0. The largest absolute Gasteiger partial charge is 0.481 e. The molecule has 1 fully saturated rings. The van der Waals surface area contributed by atoms with Crippen molar-refractivity contribution in [2.24, 2.45) is 7.05 Å². The van der Waals surface area contributed by atoms with Crippen LogP contribution in [-0.2, 0) is 21.9 Å². The van der Waals surface area contributed by atoms with Crippen LogP contribution in [0.4, 0.5) is 0 Å². The molecule has 2 rings (SSSR count). The van der Waals surface area contributed by atoms with Crippen molar-refractivity contribution < 1.29 is 18.3 Å². The number of halogens is 1. The molecular weight excluding hydrogens is 366 g/mol. The van der Waals surface area contributed by atoms with Crippen LogP contribution in [0.15, 0.2) is 9.63 Å². The first-order valence-corrected chi connectivity index (χ1v) is 8.55. The standard InChI is InChI=1S/C10H16BrN5O4S/c1-14-10(9(11)12-13-14)21(19,20)16-6-4-15(5-7-16)3-2-8(17)18/h2-7H2,1H3,(H,17,18). The van der Waals surface area contributed by atoms with E-state index in [4.69, 9.17) is 5.11 Å². The first kappa shape index (κ1) is 16.3. The van der Waals surface area contributed by atoms with Crippen LogP contribution in [0.5, 0.6) is 0 Å². The predicted molar refractivity (Wildman–Crippen MR) is 76.2 cm³/mol. The molecule has 0 spiro atoms. The summed E-state index contributed by atoms with van der Waals surface area (Å²) >= 11 is 3.10. The summed E-state index contributed by atoms with van der Waals surface area (Å²) in [6.45, 7) is 2.09. The fourth-order valence-corrected chi connectivity index (χ4v) is 4.62. The number of aromatic nitrogens is 3. The lowest BCUT2D eigenvalue weighted by atomic mass is 10.3. The fraction of sp³-hybridized carbons (Fsp3) is 0.700. The Morgan fingerprint density at radius 1 is 1.33 bits per heavy atom. The molecule has 0 aromatic carbocycles. The Labute approximate surface area is 130 Å². The van der Waals surface area contributed by atoms with Crippen molar-refractivity contribution in [2.45, 2.75) is 11.4 Å². The van der Waals surface area contributed by atoms with Crippen molar-refractivity contribution in [3.63, 3.8) is 0 Å². The SMILES string of the molecule is Cn1nnc(Br)c1S(=O)(=O)N1CCN(CCC(=O)O)CC1. The molecule has 1 aliphatic heterocycles. The number of sulfonamides is 1. The zero-order valence-electron chi connectivity index (χ0n) is 11.4. The summed E-state index contributed by atoms with van der Waals surface area (Å²) in [4.78, 5) is 12.5. The molecule has 21 heavy (non-hydrogen) atoms. The zero-order chi connectivity index (χ0) is 15.6. The van der Waals surface area contributed by atoms with E-state index in [1.54, 1.807) is 0 Å². The van der Waals surface area contributed by atoms with E-state index >= 15 is 0 Å². The molecule has 1 aromatic heterocycles. The third kappa shape index (κ3) is 3.59. The normalized spacial score (nSPS) is 18.0. The molecule has 9 nitrogen and oxygen atoms in total. The lowest BCUT2D eigenvalue weighted by Gasteiger charge is -2.33. The first-order chi connectivity index (χ1) is 9.82. The smallest absolute Gasteiger partial charge is 0.304 e. The number of rotatable bonds is 5. The first-order valence-electron chi connectivity index (χ1n) is 6.32. The highest BCUT2D eigenvalue weighted by molar-refractivity contribution is 9.10. The molecule has 0 saturated carbocycles. The molecule has 0 atom stereocenters. The topological polar surface area (TPSA) is 109 Å². The summed E-state index contributed by atoms with van der Waals surface area (Å²) in [6.07, 6.45) is 0.0595. The highest BCUT2D eigenvalue weighted by Gasteiger charge is 2.33. The molecule has 11 heteroatoms. The Balaban J connectivity index is 2.03. The minimum Gasteiger partial charge on any atom is -0.481 e. The van der Waals surface area contributed by atoms with Crippen LogP contribution < -0.4 is 0 Å². The second kappa shape index (κ2) is 6.38. The van der Waals surface area contributed by atoms with Gasteiger partial charge in [-0.15, -0.1) is 5.10 Å². The monoisotopic (exact) mass is 381 g/mol. The number of carboxylic acid groups (broad SMARTS) is 1. The van der Waals surface area contributed by atoms with Crippen LogP contribution in [0.3, 0.4) is 0 Å². The number of aliphatic carboxylic acids is 1. The average Bonchev–Trinajstić information content (AvgIpc) is 2.77. The summed E-state index contributed by atoms with van der Waals surface area (Å²) in [5, 5.41) is 16.1. The summed E-state index contributed by atoms with van der Waals surface area (Å²) < 4.78 is 27.9. The molecule has 1 aromatic rings. The van der Waals surface area contributed by atoms with E-state index in [9.17, 15) is 13.2 Å². The van der Waals surface area contributed by atoms with Crippen LogP contribution in [0.1, 0.15) is 6.42 Å². The van der Waals surface area contributed by atoms with Crippen LogP contribution in [0.25, 0.3) is 0 Å². The molecule has 118 valence electrons.